The summed E-state index contributed by atoms with van der Waals surface area (Å²) in [6.45, 7) is 1.97. The second kappa shape index (κ2) is 8.66. The summed E-state index contributed by atoms with van der Waals surface area (Å²) in [5.41, 5.74) is 5.60. The second-order valence-electron chi connectivity index (χ2n) is 6.35. The number of benzene rings is 1. The Hall–Kier alpha value is -3.85. The molecule has 2 N–H and O–H groups in total. The van der Waals surface area contributed by atoms with E-state index in [0.717, 1.165) is 16.8 Å². The van der Waals surface area contributed by atoms with Gasteiger partial charge in [0.15, 0.2) is 0 Å². The zero-order valence-corrected chi connectivity index (χ0v) is 17.1. The number of anilines is 3. The number of nitrogens with one attached hydrogen (secondary N) is 2. The van der Waals surface area contributed by atoms with Gasteiger partial charge >= 0.3 is 0 Å². The Balaban J connectivity index is 1.56. The molecular formula is C21H18N6O2S. The molecule has 3 aromatic heterocycles. The molecule has 0 saturated heterocycles. The van der Waals surface area contributed by atoms with Crippen molar-refractivity contribution in [3.05, 3.63) is 71.1 Å². The average molecular weight is 418 g/mol. The number of carbonyl (C=O) groups excluding carboxylic acids is 1. The Morgan fingerprint density at radius 2 is 2.00 bits per heavy atom. The second-order valence-corrected chi connectivity index (χ2v) is 7.24. The molecular weight excluding hydrogens is 400 g/mol. The first-order valence-corrected chi connectivity index (χ1v) is 9.90. The van der Waals surface area contributed by atoms with Crippen LogP contribution in [-0.2, 0) is 0 Å². The molecule has 1 amide bonds. The highest BCUT2D eigenvalue weighted by atomic mass is 32.1. The summed E-state index contributed by atoms with van der Waals surface area (Å²) < 4.78 is 5.23. The summed E-state index contributed by atoms with van der Waals surface area (Å²) in [6, 6.07) is 9.27. The number of rotatable bonds is 6. The molecule has 0 aliphatic heterocycles. The normalized spacial score (nSPS) is 10.5. The van der Waals surface area contributed by atoms with Gasteiger partial charge in [-0.25, -0.2) is 9.97 Å². The molecule has 0 radical (unpaired) electrons. The fourth-order valence-corrected chi connectivity index (χ4v) is 3.24. The first-order valence-electron chi connectivity index (χ1n) is 9.02. The molecule has 30 heavy (non-hydrogen) atoms. The number of methoxy groups -OCH3 is 1. The van der Waals surface area contributed by atoms with E-state index in [1.54, 1.807) is 43.5 Å². The number of aromatic nitrogens is 4. The van der Waals surface area contributed by atoms with Crippen LogP contribution in [-0.4, -0.2) is 33.0 Å². The number of pyridine rings is 1. The molecule has 0 bridgehead atoms. The van der Waals surface area contributed by atoms with Crippen molar-refractivity contribution in [3.8, 4) is 17.0 Å². The van der Waals surface area contributed by atoms with Gasteiger partial charge in [-0.15, -0.1) is 11.3 Å². The number of thiazole rings is 1. The lowest BCUT2D eigenvalue weighted by Gasteiger charge is -2.12. The van der Waals surface area contributed by atoms with Crippen molar-refractivity contribution >= 4 is 34.6 Å². The van der Waals surface area contributed by atoms with E-state index in [1.165, 1.54) is 11.3 Å². The fourth-order valence-electron chi connectivity index (χ4n) is 2.73. The number of hydrogen-bond acceptors (Lipinski definition) is 8. The molecule has 0 fully saturated rings. The van der Waals surface area contributed by atoms with Crippen molar-refractivity contribution < 1.29 is 9.53 Å². The third-order valence-corrected chi connectivity index (χ3v) is 5.07. The number of ether oxygens (including phenoxy) is 1. The lowest BCUT2D eigenvalue weighted by Crippen LogP contribution is -2.10. The lowest BCUT2D eigenvalue weighted by molar-refractivity contribution is 0.103. The van der Waals surface area contributed by atoms with Crippen LogP contribution in [0.2, 0.25) is 0 Å². The van der Waals surface area contributed by atoms with Gasteiger partial charge < -0.3 is 15.4 Å². The van der Waals surface area contributed by atoms with E-state index in [0.29, 0.717) is 28.0 Å². The smallest absolute Gasteiger partial charge is 0.267 e. The maximum Gasteiger partial charge on any atom is 0.267 e. The maximum atomic E-state index is 12.3. The third-order valence-electron chi connectivity index (χ3n) is 4.30. The average Bonchev–Trinajstić information content (AvgIpc) is 3.31. The highest BCUT2D eigenvalue weighted by Crippen LogP contribution is 2.25. The summed E-state index contributed by atoms with van der Waals surface area (Å²) in [4.78, 5) is 29.8. The van der Waals surface area contributed by atoms with Gasteiger partial charge in [0.2, 0.25) is 5.95 Å². The molecule has 0 aliphatic carbocycles. The minimum absolute atomic E-state index is 0.198. The van der Waals surface area contributed by atoms with Crippen LogP contribution >= 0.6 is 11.3 Å². The number of aryl methyl sites for hydroxylation is 1. The summed E-state index contributed by atoms with van der Waals surface area (Å²) >= 11 is 1.29. The number of nitrogens with zero attached hydrogens (tertiary/aromatic N) is 4. The lowest BCUT2D eigenvalue weighted by atomic mass is 10.1. The van der Waals surface area contributed by atoms with Gasteiger partial charge in [0.25, 0.3) is 5.91 Å². The van der Waals surface area contributed by atoms with E-state index in [1.807, 2.05) is 31.2 Å². The van der Waals surface area contributed by atoms with Gasteiger partial charge in [-0.05, 0) is 36.8 Å². The summed E-state index contributed by atoms with van der Waals surface area (Å²) in [6.07, 6.45) is 6.57. The van der Waals surface area contributed by atoms with Crippen LogP contribution in [0.4, 0.5) is 17.3 Å². The SMILES string of the molecule is COc1cncc(-c2ccnc(Nc3cc(NC(=O)c4cncs4)ccc3C)n2)c1. The van der Waals surface area contributed by atoms with Gasteiger partial charge in [0, 0.05) is 29.3 Å². The topological polar surface area (TPSA) is 102 Å². The van der Waals surface area contributed by atoms with Crippen molar-refractivity contribution in [2.75, 3.05) is 17.7 Å². The molecule has 9 heteroatoms. The van der Waals surface area contributed by atoms with Gasteiger partial charge in [-0.2, -0.15) is 0 Å². The Morgan fingerprint density at radius 3 is 2.80 bits per heavy atom. The van der Waals surface area contributed by atoms with Gasteiger partial charge in [-0.1, -0.05) is 6.07 Å². The number of amides is 1. The standard InChI is InChI=1S/C21H18N6O2S/c1-13-3-4-15(25-20(28)19-11-23-12-30-19)8-18(13)27-21-24-6-5-17(26-21)14-7-16(29-2)10-22-9-14/h3-12H,1-2H3,(H,25,28)(H,24,26,27). The van der Waals surface area contributed by atoms with Crippen LogP contribution in [0.5, 0.6) is 5.75 Å². The van der Waals surface area contributed by atoms with E-state index < -0.39 is 0 Å². The van der Waals surface area contributed by atoms with Crippen molar-refractivity contribution in [2.24, 2.45) is 0 Å². The maximum absolute atomic E-state index is 12.3. The van der Waals surface area contributed by atoms with E-state index >= 15 is 0 Å². The number of hydrogen-bond donors (Lipinski definition) is 2. The molecule has 3 heterocycles. The minimum atomic E-state index is -0.198. The summed E-state index contributed by atoms with van der Waals surface area (Å²) in [5.74, 6) is 0.890. The van der Waals surface area contributed by atoms with Gasteiger partial charge in [0.1, 0.15) is 10.6 Å². The molecule has 0 unspecified atom stereocenters. The van der Waals surface area contributed by atoms with Crippen LogP contribution in [0, 0.1) is 6.92 Å². The monoisotopic (exact) mass is 418 g/mol. The Morgan fingerprint density at radius 1 is 1.10 bits per heavy atom. The first-order chi connectivity index (χ1) is 14.6. The van der Waals surface area contributed by atoms with E-state index in [2.05, 4.69) is 30.6 Å². The van der Waals surface area contributed by atoms with Crippen LogP contribution in [0.1, 0.15) is 15.2 Å². The third kappa shape index (κ3) is 4.41. The van der Waals surface area contributed by atoms with Gasteiger partial charge in [-0.3, -0.25) is 14.8 Å². The van der Waals surface area contributed by atoms with Crippen molar-refractivity contribution in [2.45, 2.75) is 6.92 Å². The van der Waals surface area contributed by atoms with Gasteiger partial charge in [0.05, 0.1) is 30.7 Å². The zero-order valence-electron chi connectivity index (χ0n) is 16.3. The fraction of sp³-hybridized carbons (Fsp3) is 0.0952. The van der Waals surface area contributed by atoms with Crippen molar-refractivity contribution in [1.29, 1.82) is 0 Å². The zero-order chi connectivity index (χ0) is 20.9. The molecule has 0 spiro atoms. The van der Waals surface area contributed by atoms with Crippen LogP contribution in [0.3, 0.4) is 0 Å². The molecule has 0 saturated carbocycles. The Labute approximate surface area is 177 Å². The molecule has 8 nitrogen and oxygen atoms in total. The van der Waals surface area contributed by atoms with Crippen LogP contribution in [0.15, 0.2) is 60.6 Å². The summed E-state index contributed by atoms with van der Waals surface area (Å²) in [5, 5.41) is 6.10. The Kier molecular flexibility index (Phi) is 5.62. The predicted octanol–water partition coefficient (Wildman–Crippen LogP) is 4.31. The van der Waals surface area contributed by atoms with Crippen LogP contribution in [0.25, 0.3) is 11.3 Å². The first kappa shape index (κ1) is 19.5. The Bertz CT molecular complexity index is 1180. The highest BCUT2D eigenvalue weighted by molar-refractivity contribution is 7.11. The largest absolute Gasteiger partial charge is 0.495 e. The minimum Gasteiger partial charge on any atom is -0.495 e. The van der Waals surface area contributed by atoms with Crippen molar-refractivity contribution in [1.82, 2.24) is 19.9 Å². The summed E-state index contributed by atoms with van der Waals surface area (Å²) in [7, 11) is 1.59. The highest BCUT2D eigenvalue weighted by Gasteiger charge is 2.10. The molecule has 0 aliphatic rings. The molecule has 4 aromatic rings. The van der Waals surface area contributed by atoms with E-state index in [-0.39, 0.29) is 5.91 Å². The predicted molar refractivity (Wildman–Crippen MR) is 116 cm³/mol. The number of carbonyl (C=O) groups is 1. The quantitative estimate of drug-likeness (QED) is 0.481. The molecule has 4 rings (SSSR count). The molecule has 1 aromatic carbocycles. The van der Waals surface area contributed by atoms with Crippen molar-refractivity contribution in [3.63, 3.8) is 0 Å². The van der Waals surface area contributed by atoms with E-state index in [9.17, 15) is 4.79 Å². The molecule has 0 atom stereocenters. The molecule has 150 valence electrons. The van der Waals surface area contributed by atoms with Crippen LogP contribution < -0.4 is 15.4 Å². The van der Waals surface area contributed by atoms with E-state index in [4.69, 9.17) is 4.74 Å².